The minimum atomic E-state index is -0.681. The zero-order valence-electron chi connectivity index (χ0n) is 12.7. The van der Waals surface area contributed by atoms with Gasteiger partial charge in [0.05, 0.1) is 0 Å². The largest absolute Gasteiger partial charge is 0.464 e. The first kappa shape index (κ1) is 13.8. The smallest absolute Gasteiger partial charge is 0.230 e. The van der Waals surface area contributed by atoms with Crippen molar-refractivity contribution in [2.45, 2.75) is 18.6 Å². The summed E-state index contributed by atoms with van der Waals surface area (Å²) in [5.41, 5.74) is 1.28. The van der Waals surface area contributed by atoms with Crippen LogP contribution in [-0.2, 0) is 9.53 Å². The highest BCUT2D eigenvalue weighted by molar-refractivity contribution is 5.97. The van der Waals surface area contributed by atoms with E-state index in [1.165, 1.54) is 0 Å². The number of anilines is 1. The van der Waals surface area contributed by atoms with E-state index in [9.17, 15) is 4.79 Å². The molecule has 1 atom stereocenters. The van der Waals surface area contributed by atoms with Gasteiger partial charge in [0.1, 0.15) is 5.76 Å². The summed E-state index contributed by atoms with van der Waals surface area (Å²) in [6.07, 6.45) is 7.12. The second kappa shape index (κ2) is 5.43. The minimum absolute atomic E-state index is 0.0989. The maximum Gasteiger partial charge on any atom is 0.230 e. The van der Waals surface area contributed by atoms with E-state index in [0.29, 0.717) is 12.8 Å². The molecular formula is C20H17NO2. The van der Waals surface area contributed by atoms with Crippen LogP contribution in [0.2, 0.25) is 0 Å². The zero-order valence-corrected chi connectivity index (χ0v) is 12.7. The van der Waals surface area contributed by atoms with Gasteiger partial charge in [-0.2, -0.15) is 0 Å². The number of carbonyl (C=O) groups is 1. The summed E-state index contributed by atoms with van der Waals surface area (Å²) in [7, 11) is 0. The van der Waals surface area contributed by atoms with Crippen LogP contribution >= 0.6 is 0 Å². The lowest BCUT2D eigenvalue weighted by molar-refractivity contribution is -0.118. The second-order valence-electron chi connectivity index (χ2n) is 5.80. The van der Waals surface area contributed by atoms with Gasteiger partial charge in [0.2, 0.25) is 11.6 Å². The summed E-state index contributed by atoms with van der Waals surface area (Å²) in [6, 6.07) is 19.8. The van der Waals surface area contributed by atoms with Crippen molar-refractivity contribution in [1.29, 1.82) is 0 Å². The first-order valence-electron chi connectivity index (χ1n) is 7.80. The summed E-state index contributed by atoms with van der Waals surface area (Å²) >= 11 is 0. The number of amides is 1. The van der Waals surface area contributed by atoms with Crippen LogP contribution in [0.25, 0.3) is 6.08 Å². The van der Waals surface area contributed by atoms with Gasteiger partial charge in [-0.25, -0.2) is 0 Å². The molecule has 23 heavy (non-hydrogen) atoms. The van der Waals surface area contributed by atoms with Crippen molar-refractivity contribution in [2.75, 3.05) is 4.90 Å². The highest BCUT2D eigenvalue weighted by Crippen LogP contribution is 2.42. The van der Waals surface area contributed by atoms with Crippen LogP contribution in [0.1, 0.15) is 18.4 Å². The van der Waals surface area contributed by atoms with Crippen LogP contribution in [0, 0.1) is 0 Å². The SMILES string of the molecule is O=C1CC[C@@]2(C=C/C(=C/c3ccccc3)O2)N1c1ccccc1. The average molecular weight is 303 g/mol. The molecule has 2 aliphatic rings. The predicted molar refractivity (Wildman–Crippen MR) is 90.5 cm³/mol. The van der Waals surface area contributed by atoms with Gasteiger partial charge in [0.15, 0.2) is 0 Å². The molecule has 1 fully saturated rings. The third kappa shape index (κ3) is 2.44. The Balaban J connectivity index is 1.66. The molecule has 2 aliphatic heterocycles. The molecule has 0 radical (unpaired) electrons. The molecule has 2 heterocycles. The number of carbonyl (C=O) groups excluding carboxylic acids is 1. The van der Waals surface area contributed by atoms with E-state index >= 15 is 0 Å². The van der Waals surface area contributed by atoms with E-state index < -0.39 is 5.72 Å². The first-order chi connectivity index (χ1) is 11.3. The Morgan fingerprint density at radius 1 is 1.00 bits per heavy atom. The molecule has 1 saturated heterocycles. The average Bonchev–Trinajstić information content (AvgIpc) is 3.13. The van der Waals surface area contributed by atoms with E-state index in [2.05, 4.69) is 0 Å². The van der Waals surface area contributed by atoms with Gasteiger partial charge in [-0.05, 0) is 35.9 Å². The highest BCUT2D eigenvalue weighted by atomic mass is 16.5. The molecule has 3 nitrogen and oxygen atoms in total. The summed E-state index contributed by atoms with van der Waals surface area (Å²) in [6.45, 7) is 0. The van der Waals surface area contributed by atoms with Gasteiger partial charge < -0.3 is 4.74 Å². The van der Waals surface area contributed by atoms with Crippen molar-refractivity contribution in [3.63, 3.8) is 0 Å². The molecule has 0 N–H and O–H groups in total. The Morgan fingerprint density at radius 3 is 2.43 bits per heavy atom. The number of para-hydroxylation sites is 1. The number of rotatable bonds is 2. The lowest BCUT2D eigenvalue weighted by Gasteiger charge is -2.33. The van der Waals surface area contributed by atoms with Gasteiger partial charge in [-0.3, -0.25) is 9.69 Å². The number of hydrogen-bond acceptors (Lipinski definition) is 2. The molecular weight excluding hydrogens is 286 g/mol. The van der Waals surface area contributed by atoms with Crippen LogP contribution in [0.15, 0.2) is 78.6 Å². The monoisotopic (exact) mass is 303 g/mol. The van der Waals surface area contributed by atoms with Crippen LogP contribution < -0.4 is 4.90 Å². The van der Waals surface area contributed by atoms with Crippen molar-refractivity contribution in [3.05, 3.63) is 84.1 Å². The van der Waals surface area contributed by atoms with E-state index in [1.807, 2.05) is 78.9 Å². The van der Waals surface area contributed by atoms with Crippen LogP contribution in [-0.4, -0.2) is 11.6 Å². The molecule has 1 amide bonds. The second-order valence-corrected chi connectivity index (χ2v) is 5.80. The van der Waals surface area contributed by atoms with Gasteiger partial charge in [0.25, 0.3) is 0 Å². The van der Waals surface area contributed by atoms with Gasteiger partial charge in [0, 0.05) is 18.5 Å². The van der Waals surface area contributed by atoms with E-state index in [4.69, 9.17) is 4.74 Å². The molecule has 114 valence electrons. The molecule has 4 rings (SSSR count). The standard InChI is InChI=1S/C20H17NO2/c22-19-12-14-20(21(19)17-9-5-2-6-10-17)13-11-18(23-20)15-16-7-3-1-4-8-16/h1-11,13,15H,12,14H2/b18-15-/t20-/m0/s1. The first-order valence-corrected chi connectivity index (χ1v) is 7.80. The zero-order chi connectivity index (χ0) is 15.7. The van der Waals surface area contributed by atoms with Gasteiger partial charge in [-0.1, -0.05) is 48.5 Å². The molecule has 0 bridgehead atoms. The van der Waals surface area contributed by atoms with Crippen molar-refractivity contribution in [2.24, 2.45) is 0 Å². The number of benzene rings is 2. The number of nitrogens with zero attached hydrogens (tertiary/aromatic N) is 1. The topological polar surface area (TPSA) is 29.5 Å². The molecule has 1 spiro atoms. The Labute approximate surface area is 135 Å². The molecule has 0 aliphatic carbocycles. The normalized spacial score (nSPS) is 24.6. The number of allylic oxidation sites excluding steroid dienone is 1. The minimum Gasteiger partial charge on any atom is -0.464 e. The quantitative estimate of drug-likeness (QED) is 0.834. The molecule has 0 saturated carbocycles. The highest BCUT2D eigenvalue weighted by Gasteiger charge is 2.48. The summed E-state index contributed by atoms with van der Waals surface area (Å²) in [5.74, 6) is 0.883. The number of hydrogen-bond donors (Lipinski definition) is 0. The van der Waals surface area contributed by atoms with E-state index in [-0.39, 0.29) is 5.91 Å². The van der Waals surface area contributed by atoms with Crippen molar-refractivity contribution < 1.29 is 9.53 Å². The predicted octanol–water partition coefficient (Wildman–Crippen LogP) is 4.14. The molecule has 0 aromatic heterocycles. The third-order valence-electron chi connectivity index (χ3n) is 4.25. The van der Waals surface area contributed by atoms with Crippen LogP contribution in [0.5, 0.6) is 0 Å². The fourth-order valence-electron chi connectivity index (χ4n) is 3.19. The lowest BCUT2D eigenvalue weighted by atomic mass is 10.1. The molecule has 3 heteroatoms. The fourth-order valence-corrected chi connectivity index (χ4v) is 3.19. The van der Waals surface area contributed by atoms with Gasteiger partial charge in [-0.15, -0.1) is 0 Å². The summed E-state index contributed by atoms with van der Waals surface area (Å²) in [5, 5.41) is 0. The van der Waals surface area contributed by atoms with Crippen molar-refractivity contribution in [3.8, 4) is 0 Å². The Kier molecular flexibility index (Phi) is 3.27. The maximum absolute atomic E-state index is 12.4. The molecule has 2 aromatic rings. The van der Waals surface area contributed by atoms with E-state index in [0.717, 1.165) is 17.0 Å². The van der Waals surface area contributed by atoms with Gasteiger partial charge >= 0.3 is 0 Å². The Bertz CT molecular complexity index is 780. The molecule has 2 aromatic carbocycles. The third-order valence-corrected chi connectivity index (χ3v) is 4.25. The Morgan fingerprint density at radius 2 is 1.70 bits per heavy atom. The Hall–Kier alpha value is -2.81. The fraction of sp³-hybridized carbons (Fsp3) is 0.150. The van der Waals surface area contributed by atoms with E-state index in [1.54, 1.807) is 4.90 Å². The number of ether oxygens (including phenoxy) is 1. The maximum atomic E-state index is 12.4. The lowest BCUT2D eigenvalue weighted by Crippen LogP contribution is -2.44. The summed E-state index contributed by atoms with van der Waals surface area (Å²) in [4.78, 5) is 14.2. The van der Waals surface area contributed by atoms with Crippen molar-refractivity contribution >= 4 is 17.7 Å². The van der Waals surface area contributed by atoms with Crippen molar-refractivity contribution in [1.82, 2.24) is 0 Å². The summed E-state index contributed by atoms with van der Waals surface area (Å²) < 4.78 is 6.21. The van der Waals surface area contributed by atoms with Crippen LogP contribution in [0.4, 0.5) is 5.69 Å². The van der Waals surface area contributed by atoms with Crippen LogP contribution in [0.3, 0.4) is 0 Å². The molecule has 0 unspecified atom stereocenters.